The van der Waals surface area contributed by atoms with Crippen molar-refractivity contribution < 1.29 is 5.11 Å². The Balaban J connectivity index is 1.98. The van der Waals surface area contributed by atoms with Gasteiger partial charge in [0.15, 0.2) is 0 Å². The third-order valence-electron chi connectivity index (χ3n) is 5.28. The minimum atomic E-state index is -0.141. The fourth-order valence-corrected chi connectivity index (χ4v) is 4.28. The summed E-state index contributed by atoms with van der Waals surface area (Å²) in [4.78, 5) is 3.50. The summed E-state index contributed by atoms with van der Waals surface area (Å²) in [6, 6.07) is 21.9. The van der Waals surface area contributed by atoms with E-state index in [9.17, 15) is 5.11 Å². The fourth-order valence-electron chi connectivity index (χ4n) is 4.00. The van der Waals surface area contributed by atoms with Gasteiger partial charge < -0.3 is 10.1 Å². The largest absolute Gasteiger partial charge is 0.508 e. The molecule has 0 aliphatic carbocycles. The number of para-hydroxylation sites is 1. The standard InChI is InChI=1S/C24H22ClNO/c1-3-17-15(2)26-22-14-20(21(25)13-19(17)22)24(16-9-5-4-6-10-16)18-11-7-8-12-23(18)27/h4-14,24,26-27H,3H2,1-2H3/t24-/m0/s1. The molecule has 2 N–H and O–H groups in total. The Labute approximate surface area is 164 Å². The van der Waals surface area contributed by atoms with Crippen LogP contribution in [0.3, 0.4) is 0 Å². The number of benzene rings is 3. The Morgan fingerprint density at radius 2 is 1.67 bits per heavy atom. The van der Waals surface area contributed by atoms with Crippen LogP contribution in [0.2, 0.25) is 5.02 Å². The van der Waals surface area contributed by atoms with Gasteiger partial charge in [-0.15, -0.1) is 0 Å². The number of H-pyrrole nitrogens is 1. The average molecular weight is 376 g/mol. The lowest BCUT2D eigenvalue weighted by Crippen LogP contribution is -2.04. The van der Waals surface area contributed by atoms with E-state index >= 15 is 0 Å². The first-order valence-electron chi connectivity index (χ1n) is 9.23. The molecule has 4 aromatic rings. The van der Waals surface area contributed by atoms with Crippen LogP contribution in [0.5, 0.6) is 5.75 Å². The van der Waals surface area contributed by atoms with Crippen molar-refractivity contribution in [3.8, 4) is 5.75 Å². The molecule has 1 aromatic heterocycles. The van der Waals surface area contributed by atoms with Crippen LogP contribution in [0, 0.1) is 6.92 Å². The van der Waals surface area contributed by atoms with Gasteiger partial charge >= 0.3 is 0 Å². The lowest BCUT2D eigenvalue weighted by Gasteiger charge is -2.21. The number of aromatic amines is 1. The molecule has 4 rings (SSSR count). The molecule has 0 radical (unpaired) electrons. The van der Waals surface area contributed by atoms with Gasteiger partial charge in [0.2, 0.25) is 0 Å². The summed E-state index contributed by atoms with van der Waals surface area (Å²) >= 11 is 6.79. The molecule has 1 atom stereocenters. The number of aromatic nitrogens is 1. The summed E-state index contributed by atoms with van der Waals surface area (Å²) in [7, 11) is 0. The second-order valence-electron chi connectivity index (χ2n) is 6.90. The van der Waals surface area contributed by atoms with Crippen LogP contribution in [-0.2, 0) is 6.42 Å². The van der Waals surface area contributed by atoms with E-state index in [0.29, 0.717) is 5.02 Å². The molecule has 3 heteroatoms. The van der Waals surface area contributed by atoms with Crippen LogP contribution < -0.4 is 0 Å². The quantitative estimate of drug-likeness (QED) is 0.388. The zero-order valence-electron chi connectivity index (χ0n) is 15.5. The van der Waals surface area contributed by atoms with E-state index in [2.05, 4.69) is 43.1 Å². The fraction of sp³-hybridized carbons (Fsp3) is 0.167. The lowest BCUT2D eigenvalue weighted by atomic mass is 9.84. The normalized spacial score (nSPS) is 12.4. The molecule has 1 heterocycles. The molecule has 0 aliphatic rings. The lowest BCUT2D eigenvalue weighted by molar-refractivity contribution is 0.467. The van der Waals surface area contributed by atoms with Crippen molar-refractivity contribution >= 4 is 22.5 Å². The summed E-state index contributed by atoms with van der Waals surface area (Å²) in [6.45, 7) is 4.26. The number of hydrogen-bond donors (Lipinski definition) is 2. The minimum absolute atomic E-state index is 0.141. The number of phenolic OH excluding ortho intramolecular Hbond substituents is 1. The smallest absolute Gasteiger partial charge is 0.119 e. The van der Waals surface area contributed by atoms with Gasteiger partial charge in [0.25, 0.3) is 0 Å². The zero-order chi connectivity index (χ0) is 19.0. The first kappa shape index (κ1) is 17.7. The summed E-state index contributed by atoms with van der Waals surface area (Å²) in [5.41, 5.74) is 6.50. The summed E-state index contributed by atoms with van der Waals surface area (Å²) in [5, 5.41) is 12.4. The van der Waals surface area contributed by atoms with Crippen LogP contribution in [0.1, 0.15) is 40.8 Å². The molecule has 2 nitrogen and oxygen atoms in total. The van der Waals surface area contributed by atoms with E-state index in [-0.39, 0.29) is 11.7 Å². The number of aromatic hydroxyl groups is 1. The van der Waals surface area contributed by atoms with Gasteiger partial charge in [0.05, 0.1) is 0 Å². The molecular weight excluding hydrogens is 354 g/mol. The Morgan fingerprint density at radius 1 is 0.963 bits per heavy atom. The molecule has 3 aromatic carbocycles. The Morgan fingerprint density at radius 3 is 2.37 bits per heavy atom. The zero-order valence-corrected chi connectivity index (χ0v) is 16.2. The number of fused-ring (bicyclic) bond motifs is 1. The molecule has 0 spiro atoms. The van der Waals surface area contributed by atoms with Gasteiger partial charge in [-0.1, -0.05) is 67.1 Å². The number of aryl methyl sites for hydroxylation is 2. The number of hydrogen-bond acceptors (Lipinski definition) is 1. The molecule has 0 amide bonds. The number of phenols is 1. The molecule has 0 fully saturated rings. The molecule has 0 saturated carbocycles. The second kappa shape index (κ2) is 7.13. The van der Waals surface area contributed by atoms with E-state index < -0.39 is 0 Å². The highest BCUT2D eigenvalue weighted by molar-refractivity contribution is 6.32. The maximum atomic E-state index is 10.5. The summed E-state index contributed by atoms with van der Waals surface area (Å²) in [6.07, 6.45) is 0.961. The van der Waals surface area contributed by atoms with E-state index in [1.807, 2.05) is 36.4 Å². The van der Waals surface area contributed by atoms with Crippen molar-refractivity contribution in [3.05, 3.63) is 99.7 Å². The predicted molar refractivity (Wildman–Crippen MR) is 113 cm³/mol. The maximum absolute atomic E-state index is 10.5. The Hall–Kier alpha value is -2.71. The van der Waals surface area contributed by atoms with Crippen molar-refractivity contribution in [1.82, 2.24) is 4.98 Å². The summed E-state index contributed by atoms with van der Waals surface area (Å²) in [5.74, 6) is 0.136. The Kier molecular flexibility index (Phi) is 4.67. The van der Waals surface area contributed by atoms with Gasteiger partial charge in [-0.05, 0) is 48.2 Å². The van der Waals surface area contributed by atoms with Crippen molar-refractivity contribution in [2.24, 2.45) is 0 Å². The average Bonchev–Trinajstić information content (AvgIpc) is 2.98. The van der Waals surface area contributed by atoms with Crippen LogP contribution in [-0.4, -0.2) is 10.1 Å². The number of nitrogens with one attached hydrogen (secondary N) is 1. The van der Waals surface area contributed by atoms with Gasteiger partial charge in [-0.3, -0.25) is 0 Å². The van der Waals surface area contributed by atoms with Gasteiger partial charge in [-0.25, -0.2) is 0 Å². The van der Waals surface area contributed by atoms with Crippen LogP contribution in [0.25, 0.3) is 10.9 Å². The van der Waals surface area contributed by atoms with E-state index in [0.717, 1.165) is 28.6 Å². The van der Waals surface area contributed by atoms with Gasteiger partial charge in [-0.2, -0.15) is 0 Å². The van der Waals surface area contributed by atoms with E-state index in [4.69, 9.17) is 11.6 Å². The van der Waals surface area contributed by atoms with Crippen LogP contribution in [0.4, 0.5) is 0 Å². The van der Waals surface area contributed by atoms with Crippen LogP contribution in [0.15, 0.2) is 66.7 Å². The highest BCUT2D eigenvalue weighted by Gasteiger charge is 2.23. The molecule has 0 unspecified atom stereocenters. The van der Waals surface area contributed by atoms with Crippen molar-refractivity contribution in [1.29, 1.82) is 0 Å². The molecular formula is C24H22ClNO. The highest BCUT2D eigenvalue weighted by atomic mass is 35.5. The van der Waals surface area contributed by atoms with Crippen molar-refractivity contribution in [3.63, 3.8) is 0 Å². The number of rotatable bonds is 4. The maximum Gasteiger partial charge on any atom is 0.119 e. The third kappa shape index (κ3) is 3.11. The van der Waals surface area contributed by atoms with Gasteiger partial charge in [0.1, 0.15) is 5.75 Å². The highest BCUT2D eigenvalue weighted by Crippen LogP contribution is 2.41. The van der Waals surface area contributed by atoms with Crippen molar-refractivity contribution in [2.75, 3.05) is 0 Å². The van der Waals surface area contributed by atoms with Gasteiger partial charge in [0, 0.05) is 33.1 Å². The SMILES string of the molecule is CCc1c(C)[nH]c2cc([C@@H](c3ccccc3)c3ccccc3O)c(Cl)cc12. The monoisotopic (exact) mass is 375 g/mol. The molecule has 0 bridgehead atoms. The van der Waals surface area contributed by atoms with Crippen LogP contribution >= 0.6 is 11.6 Å². The number of halogens is 1. The summed E-state index contributed by atoms with van der Waals surface area (Å²) < 4.78 is 0. The molecule has 136 valence electrons. The molecule has 27 heavy (non-hydrogen) atoms. The topological polar surface area (TPSA) is 36.0 Å². The van der Waals surface area contributed by atoms with E-state index in [1.165, 1.54) is 16.6 Å². The second-order valence-corrected chi connectivity index (χ2v) is 7.31. The third-order valence-corrected chi connectivity index (χ3v) is 5.61. The Bertz CT molecular complexity index is 1100. The first-order valence-corrected chi connectivity index (χ1v) is 9.61. The van der Waals surface area contributed by atoms with Crippen molar-refractivity contribution in [2.45, 2.75) is 26.2 Å². The molecule has 0 saturated heterocycles. The molecule has 0 aliphatic heterocycles. The predicted octanol–water partition coefficient (Wildman–Crippen LogP) is 6.58. The van der Waals surface area contributed by atoms with E-state index in [1.54, 1.807) is 6.07 Å². The minimum Gasteiger partial charge on any atom is -0.508 e. The first-order chi connectivity index (χ1) is 13.1.